The zero-order valence-electron chi connectivity index (χ0n) is 9.00. The summed E-state index contributed by atoms with van der Waals surface area (Å²) in [5.74, 6) is 0. The third kappa shape index (κ3) is 14.7. The molecule has 0 bridgehead atoms. The van der Waals surface area contributed by atoms with Gasteiger partial charge < -0.3 is 21.5 Å². The van der Waals surface area contributed by atoms with Crippen LogP contribution in [-0.2, 0) is 0 Å². The van der Waals surface area contributed by atoms with Crippen LogP contribution in [0.1, 0.15) is 20.3 Å². The van der Waals surface area contributed by atoms with Gasteiger partial charge in [-0.05, 0) is 32.6 Å². The van der Waals surface area contributed by atoms with Crippen LogP contribution in [0.4, 0.5) is 0 Å². The molecule has 0 aliphatic rings. The molecule has 0 aromatic rings. The summed E-state index contributed by atoms with van der Waals surface area (Å²) in [5.41, 5.74) is 10.1. The molecule has 0 aliphatic carbocycles. The Hall–Kier alpha value is -0.160. The third-order valence-corrected chi connectivity index (χ3v) is 1.70. The predicted molar refractivity (Wildman–Crippen MR) is 57.6 cm³/mol. The number of hydrogen-bond donors (Lipinski definition) is 3. The van der Waals surface area contributed by atoms with Crippen molar-refractivity contribution < 1.29 is 5.11 Å². The van der Waals surface area contributed by atoms with Crippen LogP contribution in [-0.4, -0.2) is 49.3 Å². The molecule has 0 spiro atoms. The molecule has 0 aliphatic heterocycles. The molecule has 0 aromatic heterocycles. The molecular weight excluding hydrogens is 166 g/mol. The van der Waals surface area contributed by atoms with E-state index in [0.717, 1.165) is 32.6 Å². The molecular formula is C9H25N3O. The smallest absolute Gasteiger partial charge is 0.0553 e. The van der Waals surface area contributed by atoms with E-state index in [1.165, 1.54) is 0 Å². The van der Waals surface area contributed by atoms with E-state index in [0.29, 0.717) is 6.54 Å². The van der Waals surface area contributed by atoms with Crippen LogP contribution in [0.25, 0.3) is 0 Å². The molecule has 0 heterocycles. The van der Waals surface area contributed by atoms with Crippen LogP contribution in [0.3, 0.4) is 0 Å². The van der Waals surface area contributed by atoms with Gasteiger partial charge in [0, 0.05) is 6.54 Å². The van der Waals surface area contributed by atoms with E-state index in [2.05, 4.69) is 18.7 Å². The second kappa shape index (κ2) is 14.4. The first-order chi connectivity index (χ1) is 6.26. The fourth-order valence-corrected chi connectivity index (χ4v) is 0.855. The maximum absolute atomic E-state index is 7.75. The molecule has 4 nitrogen and oxygen atoms in total. The van der Waals surface area contributed by atoms with Crippen molar-refractivity contribution in [3.8, 4) is 0 Å². The van der Waals surface area contributed by atoms with Gasteiger partial charge in [-0.2, -0.15) is 0 Å². The minimum absolute atomic E-state index is 0.0972. The fraction of sp³-hybridized carbons (Fsp3) is 1.00. The molecule has 0 unspecified atom stereocenters. The highest BCUT2D eigenvalue weighted by atomic mass is 16.3. The lowest BCUT2D eigenvalue weighted by Gasteiger charge is -2.16. The lowest BCUT2D eigenvalue weighted by molar-refractivity contribution is 0.302. The monoisotopic (exact) mass is 191 g/mol. The topological polar surface area (TPSA) is 75.5 Å². The van der Waals surface area contributed by atoms with Crippen LogP contribution in [0.15, 0.2) is 0 Å². The van der Waals surface area contributed by atoms with Gasteiger partial charge in [-0.1, -0.05) is 13.8 Å². The number of rotatable bonds is 6. The molecule has 82 valence electrons. The molecule has 0 fully saturated rings. The molecule has 0 amide bonds. The maximum Gasteiger partial charge on any atom is 0.0553 e. The zero-order valence-corrected chi connectivity index (χ0v) is 9.00. The largest absolute Gasteiger partial charge is 0.395 e. The van der Waals surface area contributed by atoms with Gasteiger partial charge in [0.2, 0.25) is 0 Å². The van der Waals surface area contributed by atoms with Gasteiger partial charge >= 0.3 is 0 Å². The van der Waals surface area contributed by atoms with E-state index in [9.17, 15) is 0 Å². The average molecular weight is 191 g/mol. The first-order valence-corrected chi connectivity index (χ1v) is 5.00. The van der Waals surface area contributed by atoms with Gasteiger partial charge in [-0.3, -0.25) is 0 Å². The van der Waals surface area contributed by atoms with Gasteiger partial charge in [-0.15, -0.1) is 0 Å². The van der Waals surface area contributed by atoms with Crippen molar-refractivity contribution in [2.24, 2.45) is 11.5 Å². The number of aliphatic hydroxyl groups excluding tert-OH is 1. The Bertz CT molecular complexity index is 75.3. The molecule has 0 atom stereocenters. The molecule has 0 saturated heterocycles. The van der Waals surface area contributed by atoms with Crippen molar-refractivity contribution in [1.82, 2.24) is 4.90 Å². The summed E-state index contributed by atoms with van der Waals surface area (Å²) in [6.45, 7) is 9.10. The Balaban J connectivity index is 0. The van der Waals surface area contributed by atoms with Crippen LogP contribution < -0.4 is 11.5 Å². The molecule has 0 radical (unpaired) electrons. The first-order valence-electron chi connectivity index (χ1n) is 5.00. The maximum atomic E-state index is 7.75. The lowest BCUT2D eigenvalue weighted by Crippen LogP contribution is -2.25. The van der Waals surface area contributed by atoms with E-state index < -0.39 is 0 Å². The second-order valence-corrected chi connectivity index (χ2v) is 2.68. The fourth-order valence-electron chi connectivity index (χ4n) is 0.855. The molecule has 0 rings (SSSR count). The number of nitrogens with two attached hydrogens (primary N) is 2. The Morgan fingerprint density at radius 3 is 1.77 bits per heavy atom. The SMILES string of the molecule is CCN(CC)CCCN.NCCO. The van der Waals surface area contributed by atoms with Crippen LogP contribution in [0.5, 0.6) is 0 Å². The quantitative estimate of drug-likeness (QED) is 0.535. The standard InChI is InChI=1S/C7H18N2.C2H7NO/c1-3-9(4-2)7-5-6-8;3-1-2-4/h3-8H2,1-2H3;4H,1-3H2. The van der Waals surface area contributed by atoms with Gasteiger partial charge in [0.05, 0.1) is 6.61 Å². The predicted octanol–water partition coefficient (Wildman–Crippen LogP) is -0.386. The van der Waals surface area contributed by atoms with Crippen molar-refractivity contribution in [2.45, 2.75) is 20.3 Å². The normalized spacial score (nSPS) is 9.69. The summed E-state index contributed by atoms with van der Waals surface area (Å²) in [6, 6.07) is 0. The van der Waals surface area contributed by atoms with Crippen molar-refractivity contribution in [3.63, 3.8) is 0 Å². The van der Waals surface area contributed by atoms with E-state index in [1.807, 2.05) is 0 Å². The summed E-state index contributed by atoms with van der Waals surface area (Å²) >= 11 is 0. The van der Waals surface area contributed by atoms with Gasteiger partial charge in [0.1, 0.15) is 0 Å². The Labute approximate surface area is 81.9 Å². The Morgan fingerprint density at radius 2 is 1.54 bits per heavy atom. The van der Waals surface area contributed by atoms with Gasteiger partial charge in [0.15, 0.2) is 0 Å². The van der Waals surface area contributed by atoms with Crippen molar-refractivity contribution in [2.75, 3.05) is 39.3 Å². The summed E-state index contributed by atoms with van der Waals surface area (Å²) in [4.78, 5) is 2.38. The highest BCUT2D eigenvalue weighted by Gasteiger charge is 1.94. The third-order valence-electron chi connectivity index (χ3n) is 1.70. The minimum Gasteiger partial charge on any atom is -0.395 e. The number of aliphatic hydroxyl groups is 1. The summed E-state index contributed by atoms with van der Waals surface area (Å²) in [6.07, 6.45) is 1.13. The highest BCUT2D eigenvalue weighted by Crippen LogP contribution is 1.87. The van der Waals surface area contributed by atoms with Gasteiger partial charge in [-0.25, -0.2) is 0 Å². The number of nitrogens with zero attached hydrogens (tertiary/aromatic N) is 1. The van der Waals surface area contributed by atoms with Crippen molar-refractivity contribution >= 4 is 0 Å². The Kier molecular flexibility index (Phi) is 16.9. The molecule has 4 heteroatoms. The summed E-state index contributed by atoms with van der Waals surface area (Å²) in [5, 5.41) is 7.75. The van der Waals surface area contributed by atoms with Crippen LogP contribution >= 0.6 is 0 Å². The van der Waals surface area contributed by atoms with Crippen molar-refractivity contribution in [1.29, 1.82) is 0 Å². The van der Waals surface area contributed by atoms with Crippen LogP contribution in [0, 0.1) is 0 Å². The molecule has 13 heavy (non-hydrogen) atoms. The van der Waals surface area contributed by atoms with E-state index in [1.54, 1.807) is 0 Å². The molecule has 0 saturated carbocycles. The Morgan fingerprint density at radius 1 is 1.08 bits per heavy atom. The summed E-state index contributed by atoms with van der Waals surface area (Å²) in [7, 11) is 0. The average Bonchev–Trinajstić information content (AvgIpc) is 2.20. The first kappa shape index (κ1) is 15.3. The summed E-state index contributed by atoms with van der Waals surface area (Å²) < 4.78 is 0. The second-order valence-electron chi connectivity index (χ2n) is 2.68. The van der Waals surface area contributed by atoms with Crippen LogP contribution in [0.2, 0.25) is 0 Å². The van der Waals surface area contributed by atoms with Crippen molar-refractivity contribution in [3.05, 3.63) is 0 Å². The highest BCUT2D eigenvalue weighted by molar-refractivity contribution is 4.51. The number of hydrogen-bond acceptors (Lipinski definition) is 4. The molecule has 0 aromatic carbocycles. The zero-order chi connectivity index (χ0) is 10.5. The van der Waals surface area contributed by atoms with Gasteiger partial charge in [0.25, 0.3) is 0 Å². The lowest BCUT2D eigenvalue weighted by atomic mass is 10.4. The minimum atomic E-state index is 0.0972. The van der Waals surface area contributed by atoms with E-state index in [-0.39, 0.29) is 6.61 Å². The molecule has 5 N–H and O–H groups in total. The van der Waals surface area contributed by atoms with E-state index >= 15 is 0 Å². The van der Waals surface area contributed by atoms with E-state index in [4.69, 9.17) is 16.6 Å².